The molecule has 0 aliphatic heterocycles. The summed E-state index contributed by atoms with van der Waals surface area (Å²) in [5.41, 5.74) is 1.59. The Balaban J connectivity index is 1.78. The van der Waals surface area contributed by atoms with Crippen LogP contribution in [0.5, 0.6) is 0 Å². The number of ether oxygens (including phenoxy) is 1. The Morgan fingerprint density at radius 3 is 2.87 bits per heavy atom. The van der Waals surface area contributed by atoms with Crippen molar-refractivity contribution >= 4 is 45.2 Å². The smallest absolute Gasteiger partial charge is 0.305 e. The first-order valence-electron chi connectivity index (χ1n) is 7.43. The standard InChI is InChI=1S/C16H20N2O3S2/c1-21-14(19)6-4-3-5-9-17-15(20)11-7-8-12-13(10-11)23-16(18-12)22-2/h7-8,10H,3-6,9H2,1-2H3,(H,17,20). The van der Waals surface area contributed by atoms with E-state index in [0.717, 1.165) is 33.8 Å². The van der Waals surface area contributed by atoms with E-state index in [9.17, 15) is 9.59 Å². The predicted octanol–water partition coefficient (Wildman–Crippen LogP) is 3.48. The summed E-state index contributed by atoms with van der Waals surface area (Å²) in [6, 6.07) is 5.58. The molecule has 2 rings (SSSR count). The molecular formula is C16H20N2O3S2. The molecule has 1 amide bonds. The molecule has 0 saturated heterocycles. The molecule has 1 heterocycles. The highest BCUT2D eigenvalue weighted by Crippen LogP contribution is 2.28. The van der Waals surface area contributed by atoms with E-state index < -0.39 is 0 Å². The van der Waals surface area contributed by atoms with Gasteiger partial charge in [0.05, 0.1) is 17.3 Å². The lowest BCUT2D eigenvalue weighted by atomic mass is 10.2. The van der Waals surface area contributed by atoms with Crippen LogP contribution >= 0.6 is 23.1 Å². The van der Waals surface area contributed by atoms with Crippen LogP contribution in [0.15, 0.2) is 22.5 Å². The summed E-state index contributed by atoms with van der Waals surface area (Å²) in [6.45, 7) is 0.608. The van der Waals surface area contributed by atoms with Gasteiger partial charge in [-0.1, -0.05) is 18.2 Å². The number of carbonyl (C=O) groups excluding carboxylic acids is 2. The van der Waals surface area contributed by atoms with Crippen molar-refractivity contribution < 1.29 is 14.3 Å². The van der Waals surface area contributed by atoms with Gasteiger partial charge in [-0.25, -0.2) is 4.98 Å². The molecule has 0 radical (unpaired) electrons. The van der Waals surface area contributed by atoms with Gasteiger partial charge in [0.1, 0.15) is 0 Å². The van der Waals surface area contributed by atoms with E-state index in [1.165, 1.54) is 7.11 Å². The third kappa shape index (κ3) is 5.21. The third-order valence-corrected chi connectivity index (χ3v) is 5.38. The molecule has 7 heteroatoms. The number of nitrogens with zero attached hydrogens (tertiary/aromatic N) is 1. The average Bonchev–Trinajstić information content (AvgIpc) is 2.99. The molecule has 0 bridgehead atoms. The van der Waals surface area contributed by atoms with Crippen LogP contribution in [0.3, 0.4) is 0 Å². The van der Waals surface area contributed by atoms with Crippen LogP contribution in [0.4, 0.5) is 0 Å². The molecule has 0 saturated carbocycles. The van der Waals surface area contributed by atoms with E-state index in [2.05, 4.69) is 15.0 Å². The van der Waals surface area contributed by atoms with Crippen LogP contribution in [-0.4, -0.2) is 36.8 Å². The van der Waals surface area contributed by atoms with Crippen molar-refractivity contribution in [3.63, 3.8) is 0 Å². The van der Waals surface area contributed by atoms with Gasteiger partial charge in [-0.3, -0.25) is 9.59 Å². The highest BCUT2D eigenvalue weighted by atomic mass is 32.2. The Morgan fingerprint density at radius 2 is 2.13 bits per heavy atom. The Labute approximate surface area is 143 Å². The summed E-state index contributed by atoms with van der Waals surface area (Å²) in [5.74, 6) is -0.254. The van der Waals surface area contributed by atoms with Crippen LogP contribution in [0.25, 0.3) is 10.2 Å². The van der Waals surface area contributed by atoms with Gasteiger partial charge in [-0.15, -0.1) is 11.3 Å². The van der Waals surface area contributed by atoms with Crippen LogP contribution in [0.1, 0.15) is 36.0 Å². The first-order valence-corrected chi connectivity index (χ1v) is 9.47. The van der Waals surface area contributed by atoms with Crippen molar-refractivity contribution in [2.24, 2.45) is 0 Å². The SMILES string of the molecule is COC(=O)CCCCCNC(=O)c1ccc2nc(SC)sc2c1. The minimum atomic E-state index is -0.184. The number of carbonyl (C=O) groups is 2. The Hall–Kier alpha value is -1.60. The Kier molecular flexibility index (Phi) is 6.85. The number of aromatic nitrogens is 1. The number of nitrogens with one attached hydrogen (secondary N) is 1. The molecule has 5 nitrogen and oxygen atoms in total. The minimum absolute atomic E-state index is 0.0704. The first-order chi connectivity index (χ1) is 11.1. The molecule has 0 atom stereocenters. The van der Waals surface area contributed by atoms with Crippen LogP contribution in [-0.2, 0) is 9.53 Å². The lowest BCUT2D eigenvalue weighted by Gasteiger charge is -2.05. The number of thiazole rings is 1. The van der Waals surface area contributed by atoms with E-state index in [1.807, 2.05) is 18.4 Å². The summed E-state index contributed by atoms with van der Waals surface area (Å²) in [6.07, 6.45) is 4.95. The zero-order valence-electron chi connectivity index (χ0n) is 13.3. The molecule has 0 aliphatic rings. The number of rotatable bonds is 8. The maximum atomic E-state index is 12.1. The maximum Gasteiger partial charge on any atom is 0.305 e. The Bertz CT molecular complexity index is 685. The number of amides is 1. The molecule has 0 fully saturated rings. The molecular weight excluding hydrogens is 332 g/mol. The molecule has 1 aromatic carbocycles. The number of hydrogen-bond donors (Lipinski definition) is 1. The molecule has 1 N–H and O–H groups in total. The van der Waals surface area contributed by atoms with Crippen LogP contribution in [0.2, 0.25) is 0 Å². The number of hydrogen-bond acceptors (Lipinski definition) is 6. The lowest BCUT2D eigenvalue weighted by molar-refractivity contribution is -0.140. The van der Waals surface area contributed by atoms with Crippen molar-refractivity contribution in [3.05, 3.63) is 23.8 Å². The van der Waals surface area contributed by atoms with Crippen molar-refractivity contribution in [2.75, 3.05) is 19.9 Å². The highest BCUT2D eigenvalue weighted by molar-refractivity contribution is 8.00. The summed E-state index contributed by atoms with van der Waals surface area (Å²) in [5, 5.41) is 2.91. The van der Waals surface area contributed by atoms with Gasteiger partial charge >= 0.3 is 5.97 Å². The van der Waals surface area contributed by atoms with Crippen molar-refractivity contribution in [1.82, 2.24) is 10.3 Å². The van der Waals surface area contributed by atoms with Gasteiger partial charge in [0.15, 0.2) is 4.34 Å². The van der Waals surface area contributed by atoms with Crippen LogP contribution in [0, 0.1) is 0 Å². The lowest BCUT2D eigenvalue weighted by Crippen LogP contribution is -2.24. The highest BCUT2D eigenvalue weighted by Gasteiger charge is 2.09. The molecule has 1 aromatic heterocycles. The van der Waals surface area contributed by atoms with Crippen molar-refractivity contribution in [3.8, 4) is 0 Å². The molecule has 2 aromatic rings. The summed E-state index contributed by atoms with van der Waals surface area (Å²) in [4.78, 5) is 27.6. The minimum Gasteiger partial charge on any atom is -0.469 e. The zero-order valence-corrected chi connectivity index (χ0v) is 14.9. The fraction of sp³-hybridized carbons (Fsp3) is 0.438. The largest absolute Gasteiger partial charge is 0.469 e. The van der Waals surface area contributed by atoms with Crippen molar-refractivity contribution in [2.45, 2.75) is 30.0 Å². The number of benzene rings is 1. The van der Waals surface area contributed by atoms with Gasteiger partial charge in [0.2, 0.25) is 0 Å². The topological polar surface area (TPSA) is 68.3 Å². The number of esters is 1. The van der Waals surface area contributed by atoms with Crippen LogP contribution < -0.4 is 5.32 Å². The monoisotopic (exact) mass is 352 g/mol. The molecule has 0 aliphatic carbocycles. The van der Waals surface area contributed by atoms with Gasteiger partial charge in [-0.2, -0.15) is 0 Å². The van der Waals surface area contributed by atoms with E-state index in [1.54, 1.807) is 29.2 Å². The number of unbranched alkanes of at least 4 members (excludes halogenated alkanes) is 2. The third-order valence-electron chi connectivity index (χ3n) is 3.38. The molecule has 0 spiro atoms. The van der Waals surface area contributed by atoms with Gasteiger partial charge in [0, 0.05) is 18.5 Å². The number of thioether (sulfide) groups is 1. The molecule has 23 heavy (non-hydrogen) atoms. The molecule has 124 valence electrons. The van der Waals surface area contributed by atoms with Gasteiger partial charge in [-0.05, 0) is 37.3 Å². The fourth-order valence-electron chi connectivity index (χ4n) is 2.11. The maximum absolute atomic E-state index is 12.1. The molecule has 0 unspecified atom stereocenters. The quantitative estimate of drug-likeness (QED) is 0.447. The van der Waals surface area contributed by atoms with E-state index in [0.29, 0.717) is 18.5 Å². The second-order valence-electron chi connectivity index (χ2n) is 5.01. The summed E-state index contributed by atoms with van der Waals surface area (Å²) < 4.78 is 6.61. The van der Waals surface area contributed by atoms with Gasteiger partial charge in [0.25, 0.3) is 5.91 Å². The van der Waals surface area contributed by atoms with Crippen molar-refractivity contribution in [1.29, 1.82) is 0 Å². The normalized spacial score (nSPS) is 10.7. The first kappa shape index (κ1) is 17.7. The number of fused-ring (bicyclic) bond motifs is 1. The summed E-state index contributed by atoms with van der Waals surface area (Å²) in [7, 11) is 1.39. The average molecular weight is 352 g/mol. The summed E-state index contributed by atoms with van der Waals surface area (Å²) >= 11 is 3.20. The van der Waals surface area contributed by atoms with Gasteiger partial charge < -0.3 is 10.1 Å². The predicted molar refractivity (Wildman–Crippen MR) is 94.2 cm³/mol. The Morgan fingerprint density at radius 1 is 1.30 bits per heavy atom. The number of methoxy groups -OCH3 is 1. The van der Waals surface area contributed by atoms with E-state index in [-0.39, 0.29) is 11.9 Å². The second kappa shape index (κ2) is 8.88. The second-order valence-corrected chi connectivity index (χ2v) is 7.09. The van der Waals surface area contributed by atoms with E-state index >= 15 is 0 Å². The zero-order chi connectivity index (χ0) is 16.7. The fourth-order valence-corrected chi connectivity index (χ4v) is 3.64. The van der Waals surface area contributed by atoms with E-state index in [4.69, 9.17) is 0 Å².